The van der Waals surface area contributed by atoms with Gasteiger partial charge in [-0.2, -0.15) is 0 Å². The Hall–Kier alpha value is -1.70. The van der Waals surface area contributed by atoms with Crippen molar-refractivity contribution in [1.82, 2.24) is 10.2 Å². The molecule has 1 aliphatic heterocycles. The average Bonchev–Trinajstić information content (AvgIpc) is 2.57. The first-order valence-electron chi connectivity index (χ1n) is 5.63. The molecule has 0 aromatic rings. The molecule has 17 heavy (non-hydrogen) atoms. The fourth-order valence-electron chi connectivity index (χ4n) is 2.03. The van der Waals surface area contributed by atoms with Gasteiger partial charge >= 0.3 is 12.0 Å². The number of aliphatic carboxylic acids is 1. The monoisotopic (exact) mass is 238 g/mol. The summed E-state index contributed by atoms with van der Waals surface area (Å²) in [5, 5.41) is 11.4. The van der Waals surface area contributed by atoms with Crippen molar-refractivity contribution in [1.29, 1.82) is 0 Å². The summed E-state index contributed by atoms with van der Waals surface area (Å²) in [6.45, 7) is 4.59. The molecule has 2 N–H and O–H groups in total. The predicted octanol–water partition coefficient (Wildman–Crippen LogP) is 1.05. The zero-order chi connectivity index (χ0) is 13.1. The Kier molecular flexibility index (Phi) is 4.00. The van der Waals surface area contributed by atoms with E-state index in [0.29, 0.717) is 6.54 Å². The molecule has 0 aromatic heterocycles. The lowest BCUT2D eigenvalue weighted by Crippen LogP contribution is -2.52. The third-order valence-corrected chi connectivity index (χ3v) is 3.06. The number of hydrogen-bond acceptors (Lipinski definition) is 2. The summed E-state index contributed by atoms with van der Waals surface area (Å²) in [5.41, 5.74) is -0.219. The molecule has 1 saturated heterocycles. The fraction of sp³-hybridized carbons (Fsp3) is 0.667. The zero-order valence-electron chi connectivity index (χ0n) is 10.2. The van der Waals surface area contributed by atoms with E-state index in [1.165, 1.54) is 0 Å². The Morgan fingerprint density at radius 2 is 2.24 bits per heavy atom. The van der Waals surface area contributed by atoms with Gasteiger partial charge in [0.05, 0.1) is 0 Å². The van der Waals surface area contributed by atoms with Crippen LogP contribution in [0.1, 0.15) is 33.1 Å². The van der Waals surface area contributed by atoms with Gasteiger partial charge in [-0.3, -0.25) is 0 Å². The van der Waals surface area contributed by atoms with Gasteiger partial charge in [0.1, 0.15) is 6.04 Å². The first-order chi connectivity index (χ1) is 7.88. The Morgan fingerprint density at radius 3 is 2.65 bits per heavy atom. The van der Waals surface area contributed by atoms with Crippen LogP contribution in [0.25, 0.3) is 0 Å². The Bertz CT molecular complexity index is 357. The number of nitrogens with one attached hydrogen (secondary N) is 1. The summed E-state index contributed by atoms with van der Waals surface area (Å²) in [4.78, 5) is 24.5. The molecule has 0 saturated carbocycles. The lowest BCUT2D eigenvalue weighted by Gasteiger charge is -2.32. The van der Waals surface area contributed by atoms with Gasteiger partial charge in [0.15, 0.2) is 0 Å². The van der Waals surface area contributed by atoms with E-state index in [4.69, 9.17) is 11.5 Å². The second-order valence-electron chi connectivity index (χ2n) is 4.82. The third-order valence-electron chi connectivity index (χ3n) is 3.06. The van der Waals surface area contributed by atoms with Crippen molar-refractivity contribution in [3.8, 4) is 12.3 Å². The van der Waals surface area contributed by atoms with Gasteiger partial charge in [0.2, 0.25) is 0 Å². The van der Waals surface area contributed by atoms with Crippen molar-refractivity contribution in [2.24, 2.45) is 0 Å². The molecular formula is C12H18N2O3. The molecule has 0 aliphatic carbocycles. The van der Waals surface area contributed by atoms with E-state index in [0.717, 1.165) is 12.8 Å². The lowest BCUT2D eigenvalue weighted by molar-refractivity contribution is -0.139. The van der Waals surface area contributed by atoms with Crippen LogP contribution in [-0.4, -0.2) is 40.1 Å². The van der Waals surface area contributed by atoms with Gasteiger partial charge in [-0.05, 0) is 26.7 Å². The second kappa shape index (κ2) is 5.09. The molecule has 1 fully saturated rings. The number of amides is 2. The molecule has 5 nitrogen and oxygen atoms in total. The maximum absolute atomic E-state index is 11.9. The van der Waals surface area contributed by atoms with Crippen LogP contribution in [0.5, 0.6) is 0 Å². The van der Waals surface area contributed by atoms with Gasteiger partial charge in [-0.25, -0.2) is 9.59 Å². The maximum Gasteiger partial charge on any atom is 0.327 e. The zero-order valence-corrected chi connectivity index (χ0v) is 10.2. The van der Waals surface area contributed by atoms with E-state index in [1.54, 1.807) is 4.90 Å². The highest BCUT2D eigenvalue weighted by Gasteiger charge is 2.36. The predicted molar refractivity (Wildman–Crippen MR) is 63.4 cm³/mol. The molecule has 0 aromatic carbocycles. The van der Waals surface area contributed by atoms with Gasteiger partial charge in [0.25, 0.3) is 0 Å². The van der Waals surface area contributed by atoms with E-state index in [2.05, 4.69) is 11.2 Å². The van der Waals surface area contributed by atoms with Crippen LogP contribution < -0.4 is 5.32 Å². The highest BCUT2D eigenvalue weighted by Crippen LogP contribution is 2.27. The first kappa shape index (κ1) is 13.4. The maximum atomic E-state index is 11.9. The Labute approximate surface area is 101 Å². The standard InChI is InChI=1S/C12H18N2O3/c1-4-6-9(10(15)16)13-11(17)14-8-5-7-12(14,2)3/h1,9H,5-8H2,2-3H3,(H,13,17)(H,15,16). The molecule has 94 valence electrons. The molecule has 1 heterocycles. The summed E-state index contributed by atoms with van der Waals surface area (Å²) >= 11 is 0. The van der Waals surface area contributed by atoms with Gasteiger partial charge in [0, 0.05) is 18.5 Å². The number of terminal acetylenes is 1. The fourth-order valence-corrected chi connectivity index (χ4v) is 2.03. The molecule has 0 spiro atoms. The Morgan fingerprint density at radius 1 is 1.59 bits per heavy atom. The van der Waals surface area contributed by atoms with Gasteiger partial charge < -0.3 is 15.3 Å². The van der Waals surface area contributed by atoms with E-state index in [9.17, 15) is 9.59 Å². The van der Waals surface area contributed by atoms with Gasteiger partial charge in [-0.15, -0.1) is 12.3 Å². The smallest absolute Gasteiger partial charge is 0.327 e. The molecule has 2 amide bonds. The quantitative estimate of drug-likeness (QED) is 0.722. The van der Waals surface area contributed by atoms with Crippen LogP contribution in [0, 0.1) is 12.3 Å². The van der Waals surface area contributed by atoms with Crippen molar-refractivity contribution < 1.29 is 14.7 Å². The third kappa shape index (κ3) is 3.13. The van der Waals surface area contributed by atoms with E-state index < -0.39 is 12.0 Å². The van der Waals surface area contributed by atoms with E-state index in [1.807, 2.05) is 13.8 Å². The molecule has 1 unspecified atom stereocenters. The van der Waals surface area contributed by atoms with Crippen LogP contribution in [0.3, 0.4) is 0 Å². The van der Waals surface area contributed by atoms with Crippen molar-refractivity contribution in [2.45, 2.75) is 44.7 Å². The van der Waals surface area contributed by atoms with Crippen LogP contribution >= 0.6 is 0 Å². The number of carboxylic acid groups (broad SMARTS) is 1. The van der Waals surface area contributed by atoms with Crippen LogP contribution in [0.2, 0.25) is 0 Å². The van der Waals surface area contributed by atoms with Crippen molar-refractivity contribution in [3.63, 3.8) is 0 Å². The number of hydrogen-bond donors (Lipinski definition) is 2. The normalized spacial score (nSPS) is 19.5. The number of urea groups is 1. The highest BCUT2D eigenvalue weighted by atomic mass is 16.4. The van der Waals surface area contributed by atoms with Crippen LogP contribution in [0.15, 0.2) is 0 Å². The van der Waals surface area contributed by atoms with E-state index >= 15 is 0 Å². The summed E-state index contributed by atoms with van der Waals surface area (Å²) < 4.78 is 0. The minimum atomic E-state index is -1.10. The molecule has 1 rings (SSSR count). The SMILES string of the molecule is C#CCC(NC(=O)N1CCCC1(C)C)C(=O)O. The minimum absolute atomic E-state index is 0.00462. The number of carbonyl (C=O) groups excluding carboxylic acids is 1. The molecule has 1 atom stereocenters. The molecule has 5 heteroatoms. The van der Waals surface area contributed by atoms with Crippen molar-refractivity contribution in [3.05, 3.63) is 0 Å². The van der Waals surface area contributed by atoms with E-state index in [-0.39, 0.29) is 18.0 Å². The van der Waals surface area contributed by atoms with Crippen LogP contribution in [-0.2, 0) is 4.79 Å². The number of carbonyl (C=O) groups is 2. The molecular weight excluding hydrogens is 220 g/mol. The second-order valence-corrected chi connectivity index (χ2v) is 4.82. The molecule has 1 aliphatic rings. The number of likely N-dealkylation sites (tertiary alicyclic amines) is 1. The summed E-state index contributed by atoms with van der Waals surface area (Å²) in [5.74, 6) is 1.15. The first-order valence-corrected chi connectivity index (χ1v) is 5.63. The summed E-state index contributed by atoms with van der Waals surface area (Å²) in [7, 11) is 0. The number of rotatable bonds is 3. The molecule has 0 radical (unpaired) electrons. The highest BCUT2D eigenvalue weighted by molar-refractivity contribution is 5.83. The Balaban J connectivity index is 2.65. The number of carboxylic acids is 1. The van der Waals surface area contributed by atoms with Gasteiger partial charge in [-0.1, -0.05) is 0 Å². The average molecular weight is 238 g/mol. The summed E-state index contributed by atoms with van der Waals surface area (Å²) in [6.07, 6.45) is 6.93. The van der Waals surface area contributed by atoms with Crippen LogP contribution in [0.4, 0.5) is 4.79 Å². The molecule has 0 bridgehead atoms. The topological polar surface area (TPSA) is 69.6 Å². The minimum Gasteiger partial charge on any atom is -0.480 e. The lowest BCUT2D eigenvalue weighted by atomic mass is 10.0. The van der Waals surface area contributed by atoms with Crippen molar-refractivity contribution >= 4 is 12.0 Å². The summed E-state index contributed by atoms with van der Waals surface area (Å²) in [6, 6.07) is -1.36. The van der Waals surface area contributed by atoms with Crippen molar-refractivity contribution in [2.75, 3.05) is 6.54 Å². The largest absolute Gasteiger partial charge is 0.480 e. The number of nitrogens with zero attached hydrogens (tertiary/aromatic N) is 1.